The van der Waals surface area contributed by atoms with Crippen LogP contribution in [0.25, 0.3) is 0 Å². The molecule has 0 unspecified atom stereocenters. The second kappa shape index (κ2) is 5.06. The fourth-order valence-electron chi connectivity index (χ4n) is 1.95. The lowest BCUT2D eigenvalue weighted by molar-refractivity contribution is -0.116. The van der Waals surface area contributed by atoms with Gasteiger partial charge in [0.15, 0.2) is 11.5 Å². The Bertz CT molecular complexity index is 578. The average molecular weight is 258 g/mol. The first-order chi connectivity index (χ1) is 9.31. The molecule has 1 aromatic heterocycles. The number of aryl methyl sites for hydroxylation is 1. The van der Waals surface area contributed by atoms with Crippen molar-refractivity contribution in [2.24, 2.45) is 0 Å². The Hall–Kier alpha value is -2.43. The van der Waals surface area contributed by atoms with Gasteiger partial charge in [0.25, 0.3) is 0 Å². The minimum atomic E-state index is -0.0208. The fraction of sp³-hybridized carbons (Fsp3) is 0.214. The second-order valence-corrected chi connectivity index (χ2v) is 4.29. The molecule has 3 rings (SSSR count). The number of ether oxygens (including phenoxy) is 2. The standard InChI is InChI=1S/C14H14N2O3/c17-14(5-8-16-6-1-2-7-16)15-11-3-4-12-13(9-11)19-10-18-12/h1-4,6-7,9H,5,8,10H2,(H,15,17). The Morgan fingerprint density at radius 1 is 1.21 bits per heavy atom. The highest BCUT2D eigenvalue weighted by Gasteiger charge is 2.13. The number of carbonyl (C=O) groups is 1. The van der Waals surface area contributed by atoms with E-state index in [4.69, 9.17) is 9.47 Å². The first-order valence-corrected chi connectivity index (χ1v) is 6.11. The largest absolute Gasteiger partial charge is 0.454 e. The summed E-state index contributed by atoms with van der Waals surface area (Å²) in [6, 6.07) is 9.26. The van der Waals surface area contributed by atoms with E-state index >= 15 is 0 Å². The number of hydrogen-bond acceptors (Lipinski definition) is 3. The highest BCUT2D eigenvalue weighted by Crippen LogP contribution is 2.34. The molecule has 2 heterocycles. The number of carbonyl (C=O) groups excluding carboxylic acids is 1. The summed E-state index contributed by atoms with van der Waals surface area (Å²) >= 11 is 0. The van der Waals surface area contributed by atoms with Crippen LogP contribution in [-0.2, 0) is 11.3 Å². The Labute approximate surface area is 110 Å². The van der Waals surface area contributed by atoms with Crippen molar-refractivity contribution in [2.45, 2.75) is 13.0 Å². The molecule has 5 nitrogen and oxygen atoms in total. The van der Waals surface area contributed by atoms with Gasteiger partial charge in [-0.25, -0.2) is 0 Å². The normalized spacial score (nSPS) is 12.4. The van der Waals surface area contributed by atoms with Gasteiger partial charge >= 0.3 is 0 Å². The molecule has 1 aliphatic heterocycles. The summed E-state index contributed by atoms with van der Waals surface area (Å²) < 4.78 is 12.4. The van der Waals surface area contributed by atoms with Crippen molar-refractivity contribution in [1.29, 1.82) is 0 Å². The number of hydrogen-bond donors (Lipinski definition) is 1. The maximum absolute atomic E-state index is 11.8. The van der Waals surface area contributed by atoms with Gasteiger partial charge in [-0.2, -0.15) is 0 Å². The summed E-state index contributed by atoms with van der Waals surface area (Å²) in [4.78, 5) is 11.8. The molecule has 98 valence electrons. The minimum absolute atomic E-state index is 0.0208. The van der Waals surface area contributed by atoms with E-state index in [1.807, 2.05) is 29.1 Å². The molecule has 1 aliphatic rings. The van der Waals surface area contributed by atoms with Gasteiger partial charge < -0.3 is 19.4 Å². The van der Waals surface area contributed by atoms with E-state index < -0.39 is 0 Å². The van der Waals surface area contributed by atoms with Gasteiger partial charge in [-0.3, -0.25) is 4.79 Å². The zero-order chi connectivity index (χ0) is 13.1. The van der Waals surface area contributed by atoms with Crippen LogP contribution in [0.1, 0.15) is 6.42 Å². The van der Waals surface area contributed by atoms with Gasteiger partial charge in [0.05, 0.1) is 0 Å². The third kappa shape index (κ3) is 2.70. The number of benzene rings is 1. The average Bonchev–Trinajstić information content (AvgIpc) is 3.07. The van der Waals surface area contributed by atoms with Crippen molar-refractivity contribution in [2.75, 3.05) is 12.1 Å². The molecule has 5 heteroatoms. The first kappa shape index (κ1) is 11.6. The highest BCUT2D eigenvalue weighted by atomic mass is 16.7. The van der Waals surface area contributed by atoms with Crippen molar-refractivity contribution >= 4 is 11.6 Å². The van der Waals surface area contributed by atoms with Crippen LogP contribution in [0.4, 0.5) is 5.69 Å². The second-order valence-electron chi connectivity index (χ2n) is 4.29. The lowest BCUT2D eigenvalue weighted by Gasteiger charge is -2.06. The molecule has 1 amide bonds. The molecule has 0 fully saturated rings. The van der Waals surface area contributed by atoms with Gasteiger partial charge in [0, 0.05) is 37.1 Å². The molecule has 1 aromatic carbocycles. The summed E-state index contributed by atoms with van der Waals surface area (Å²) in [5.74, 6) is 1.36. The number of rotatable bonds is 4. The van der Waals surface area contributed by atoms with E-state index in [9.17, 15) is 4.79 Å². The number of amides is 1. The number of nitrogens with zero attached hydrogens (tertiary/aromatic N) is 1. The monoisotopic (exact) mass is 258 g/mol. The molecular weight excluding hydrogens is 244 g/mol. The van der Waals surface area contributed by atoms with Crippen molar-refractivity contribution in [1.82, 2.24) is 4.57 Å². The Morgan fingerprint density at radius 3 is 2.84 bits per heavy atom. The van der Waals surface area contributed by atoms with Gasteiger partial charge in [0.1, 0.15) is 0 Å². The van der Waals surface area contributed by atoms with Crippen LogP contribution in [0.5, 0.6) is 11.5 Å². The van der Waals surface area contributed by atoms with E-state index in [2.05, 4.69) is 5.32 Å². The molecule has 0 aliphatic carbocycles. The summed E-state index contributed by atoms with van der Waals surface area (Å²) in [7, 11) is 0. The highest BCUT2D eigenvalue weighted by molar-refractivity contribution is 5.91. The van der Waals surface area contributed by atoms with Crippen LogP contribution < -0.4 is 14.8 Å². The van der Waals surface area contributed by atoms with Gasteiger partial charge in [-0.05, 0) is 24.3 Å². The molecule has 2 aromatic rings. The maximum Gasteiger partial charge on any atom is 0.231 e. The van der Waals surface area contributed by atoms with Gasteiger partial charge in [-0.1, -0.05) is 0 Å². The summed E-state index contributed by atoms with van der Waals surface area (Å²) in [6.45, 7) is 0.906. The van der Waals surface area contributed by atoms with E-state index in [0.29, 0.717) is 24.5 Å². The Kier molecular flexibility index (Phi) is 3.10. The molecule has 0 spiro atoms. The zero-order valence-corrected chi connectivity index (χ0v) is 10.3. The summed E-state index contributed by atoms with van der Waals surface area (Å²) in [5.41, 5.74) is 0.724. The molecule has 1 N–H and O–H groups in total. The zero-order valence-electron chi connectivity index (χ0n) is 10.3. The van der Waals surface area contributed by atoms with E-state index in [0.717, 1.165) is 5.69 Å². The van der Waals surface area contributed by atoms with E-state index in [1.165, 1.54) is 0 Å². The van der Waals surface area contributed by atoms with Crippen LogP contribution in [-0.4, -0.2) is 17.3 Å². The Balaban J connectivity index is 1.57. The van der Waals surface area contributed by atoms with Crippen LogP contribution in [0.2, 0.25) is 0 Å². The fourth-order valence-corrected chi connectivity index (χ4v) is 1.95. The molecule has 0 atom stereocenters. The first-order valence-electron chi connectivity index (χ1n) is 6.11. The molecule has 0 saturated carbocycles. The number of fused-ring (bicyclic) bond motifs is 1. The van der Waals surface area contributed by atoms with Crippen LogP contribution >= 0.6 is 0 Å². The predicted molar refractivity (Wildman–Crippen MR) is 70.2 cm³/mol. The molecular formula is C14H14N2O3. The molecule has 0 bridgehead atoms. The van der Waals surface area contributed by atoms with Gasteiger partial charge in [-0.15, -0.1) is 0 Å². The number of nitrogens with one attached hydrogen (secondary N) is 1. The maximum atomic E-state index is 11.8. The quantitative estimate of drug-likeness (QED) is 0.915. The van der Waals surface area contributed by atoms with Gasteiger partial charge in [0.2, 0.25) is 12.7 Å². The molecule has 0 saturated heterocycles. The number of anilines is 1. The molecule has 19 heavy (non-hydrogen) atoms. The van der Waals surface area contributed by atoms with Crippen LogP contribution in [0, 0.1) is 0 Å². The minimum Gasteiger partial charge on any atom is -0.454 e. The van der Waals surface area contributed by atoms with Crippen molar-refractivity contribution in [3.05, 3.63) is 42.7 Å². The van der Waals surface area contributed by atoms with Crippen molar-refractivity contribution in [3.8, 4) is 11.5 Å². The smallest absolute Gasteiger partial charge is 0.231 e. The third-order valence-electron chi connectivity index (χ3n) is 2.92. The van der Waals surface area contributed by atoms with E-state index in [-0.39, 0.29) is 12.7 Å². The van der Waals surface area contributed by atoms with E-state index in [1.54, 1.807) is 18.2 Å². The van der Waals surface area contributed by atoms with Crippen molar-refractivity contribution < 1.29 is 14.3 Å². The summed E-state index contributed by atoms with van der Waals surface area (Å²) in [5, 5.41) is 2.85. The summed E-state index contributed by atoms with van der Waals surface area (Å²) in [6.07, 6.45) is 4.31. The topological polar surface area (TPSA) is 52.5 Å². The lowest BCUT2D eigenvalue weighted by Crippen LogP contribution is -2.13. The molecule has 0 radical (unpaired) electrons. The number of aromatic nitrogens is 1. The third-order valence-corrected chi connectivity index (χ3v) is 2.92. The predicted octanol–water partition coefficient (Wildman–Crippen LogP) is 2.25. The lowest BCUT2D eigenvalue weighted by atomic mass is 10.2. The SMILES string of the molecule is O=C(CCn1cccc1)Nc1ccc2c(c1)OCO2. The van der Waals surface area contributed by atoms with Crippen LogP contribution in [0.3, 0.4) is 0 Å². The van der Waals surface area contributed by atoms with Crippen molar-refractivity contribution in [3.63, 3.8) is 0 Å². The Morgan fingerprint density at radius 2 is 2.00 bits per heavy atom. The van der Waals surface area contributed by atoms with Crippen LogP contribution in [0.15, 0.2) is 42.7 Å².